The number of ether oxygens (including phenoxy) is 1. The first-order valence-electron chi connectivity index (χ1n) is 8.44. The van der Waals surface area contributed by atoms with Crippen LogP contribution in [-0.2, 0) is 22.4 Å². The molecule has 0 aromatic heterocycles. The molecule has 5 nitrogen and oxygen atoms in total. The van der Waals surface area contributed by atoms with Gasteiger partial charge in [-0.25, -0.2) is 0 Å². The molecule has 0 saturated heterocycles. The summed E-state index contributed by atoms with van der Waals surface area (Å²) in [4.78, 5) is 23.2. The fourth-order valence-electron chi connectivity index (χ4n) is 2.57. The van der Waals surface area contributed by atoms with E-state index in [0.29, 0.717) is 11.4 Å². The average molecular weight is 340 g/mol. The van der Waals surface area contributed by atoms with Crippen molar-refractivity contribution in [3.05, 3.63) is 53.6 Å². The Balaban J connectivity index is 1.96. The van der Waals surface area contributed by atoms with Crippen LogP contribution in [0.4, 0.5) is 11.4 Å². The van der Waals surface area contributed by atoms with Crippen LogP contribution in [0.1, 0.15) is 31.9 Å². The van der Waals surface area contributed by atoms with Crippen LogP contribution in [0.3, 0.4) is 0 Å². The monoisotopic (exact) mass is 340 g/mol. The van der Waals surface area contributed by atoms with Gasteiger partial charge in [-0.2, -0.15) is 0 Å². The van der Waals surface area contributed by atoms with Gasteiger partial charge in [0.05, 0.1) is 0 Å². The van der Waals surface area contributed by atoms with Crippen molar-refractivity contribution in [1.29, 1.82) is 0 Å². The van der Waals surface area contributed by atoms with Crippen LogP contribution in [0.2, 0.25) is 0 Å². The van der Waals surface area contributed by atoms with Crippen molar-refractivity contribution < 1.29 is 14.3 Å². The summed E-state index contributed by atoms with van der Waals surface area (Å²) in [6, 6.07) is 13.0. The number of nitrogens with one attached hydrogen (secondary N) is 2. The van der Waals surface area contributed by atoms with Gasteiger partial charge in [0, 0.05) is 18.3 Å². The molecule has 0 saturated carbocycles. The molecule has 0 unspecified atom stereocenters. The Morgan fingerprint density at radius 1 is 0.920 bits per heavy atom. The Kier molecular flexibility index (Phi) is 6.57. The molecule has 0 fully saturated rings. The number of hydrogen-bond donors (Lipinski definition) is 2. The summed E-state index contributed by atoms with van der Waals surface area (Å²) < 4.78 is 5.52. The summed E-state index contributed by atoms with van der Waals surface area (Å²) in [5.74, 6) is 0.250. The molecule has 0 spiro atoms. The van der Waals surface area contributed by atoms with Crippen LogP contribution >= 0.6 is 0 Å². The molecule has 0 radical (unpaired) electrons. The van der Waals surface area contributed by atoms with Gasteiger partial charge in [0.2, 0.25) is 5.91 Å². The first kappa shape index (κ1) is 18.5. The van der Waals surface area contributed by atoms with E-state index < -0.39 is 0 Å². The molecule has 25 heavy (non-hydrogen) atoms. The maximum atomic E-state index is 12.2. The highest BCUT2D eigenvalue weighted by Crippen LogP contribution is 2.22. The van der Waals surface area contributed by atoms with Crippen molar-refractivity contribution >= 4 is 23.2 Å². The topological polar surface area (TPSA) is 67.4 Å². The van der Waals surface area contributed by atoms with Crippen molar-refractivity contribution in [2.24, 2.45) is 0 Å². The molecule has 0 atom stereocenters. The zero-order valence-corrected chi connectivity index (χ0v) is 14.9. The average Bonchev–Trinajstić information content (AvgIpc) is 2.60. The van der Waals surface area contributed by atoms with Crippen LogP contribution in [0.15, 0.2) is 42.5 Å². The minimum Gasteiger partial charge on any atom is -0.484 e. The lowest BCUT2D eigenvalue weighted by molar-refractivity contribution is -0.118. The molecule has 2 amide bonds. The molecule has 132 valence electrons. The molecule has 2 aromatic carbocycles. The molecule has 0 heterocycles. The lowest BCUT2D eigenvalue weighted by Crippen LogP contribution is -2.21. The predicted molar refractivity (Wildman–Crippen MR) is 100 cm³/mol. The second-order valence-electron chi connectivity index (χ2n) is 5.70. The molecule has 0 aliphatic heterocycles. The molecule has 2 aromatic rings. The normalized spacial score (nSPS) is 10.2. The quantitative estimate of drug-likeness (QED) is 0.806. The maximum absolute atomic E-state index is 12.2. The summed E-state index contributed by atoms with van der Waals surface area (Å²) >= 11 is 0. The number of rotatable bonds is 7. The highest BCUT2D eigenvalue weighted by atomic mass is 16.5. The van der Waals surface area contributed by atoms with Gasteiger partial charge in [0.25, 0.3) is 5.91 Å². The molecule has 0 aliphatic rings. The number of aryl methyl sites for hydroxylation is 2. The number of anilines is 2. The van der Waals surface area contributed by atoms with Gasteiger partial charge < -0.3 is 15.4 Å². The van der Waals surface area contributed by atoms with Crippen molar-refractivity contribution in [2.75, 3.05) is 17.2 Å². The van der Waals surface area contributed by atoms with Gasteiger partial charge in [0.1, 0.15) is 5.75 Å². The van der Waals surface area contributed by atoms with Gasteiger partial charge >= 0.3 is 0 Å². The lowest BCUT2D eigenvalue weighted by atomic mass is 10.0. The zero-order valence-electron chi connectivity index (χ0n) is 14.9. The fraction of sp³-hybridized carbons (Fsp3) is 0.300. The largest absolute Gasteiger partial charge is 0.484 e. The number of amides is 2. The van der Waals surface area contributed by atoms with E-state index in [1.54, 1.807) is 24.3 Å². The van der Waals surface area contributed by atoms with Crippen LogP contribution < -0.4 is 15.4 Å². The molecule has 5 heteroatoms. The Morgan fingerprint density at radius 3 is 2.04 bits per heavy atom. The third-order valence-corrected chi connectivity index (χ3v) is 3.81. The van der Waals surface area contributed by atoms with Crippen molar-refractivity contribution in [1.82, 2.24) is 0 Å². The van der Waals surface area contributed by atoms with Gasteiger partial charge in [-0.3, -0.25) is 9.59 Å². The van der Waals surface area contributed by atoms with Crippen LogP contribution in [0.25, 0.3) is 0 Å². The van der Waals surface area contributed by atoms with Crippen molar-refractivity contribution in [3.8, 4) is 5.75 Å². The molecule has 0 aliphatic carbocycles. The Labute approximate surface area is 148 Å². The van der Waals surface area contributed by atoms with Gasteiger partial charge in [0.15, 0.2) is 6.61 Å². The number of carbonyl (C=O) groups is 2. The smallest absolute Gasteiger partial charge is 0.262 e. The third kappa shape index (κ3) is 5.35. The molecular weight excluding hydrogens is 316 g/mol. The molecule has 2 rings (SSSR count). The summed E-state index contributed by atoms with van der Waals surface area (Å²) in [6.07, 6.45) is 1.71. The van der Waals surface area contributed by atoms with Gasteiger partial charge in [-0.15, -0.1) is 0 Å². The van der Waals surface area contributed by atoms with E-state index in [9.17, 15) is 9.59 Å². The Bertz CT molecular complexity index is 717. The van der Waals surface area contributed by atoms with Crippen LogP contribution in [0.5, 0.6) is 5.75 Å². The fourth-order valence-corrected chi connectivity index (χ4v) is 2.57. The first-order chi connectivity index (χ1) is 12.0. The van der Waals surface area contributed by atoms with Crippen molar-refractivity contribution in [2.45, 2.75) is 33.6 Å². The summed E-state index contributed by atoms with van der Waals surface area (Å²) in [5.41, 5.74) is 3.82. The Hall–Kier alpha value is -2.82. The summed E-state index contributed by atoms with van der Waals surface area (Å²) in [6.45, 7) is 5.52. The molecule has 0 bridgehead atoms. The van der Waals surface area contributed by atoms with E-state index in [4.69, 9.17) is 4.74 Å². The van der Waals surface area contributed by atoms with E-state index in [1.165, 1.54) is 6.92 Å². The standard InChI is InChI=1S/C20H24N2O3/c1-4-15-7-6-8-16(5-2)20(15)22-19(24)13-25-18-11-9-17(10-12-18)21-14(3)23/h6-12H,4-5,13H2,1-3H3,(H,21,23)(H,22,24). The summed E-state index contributed by atoms with van der Waals surface area (Å²) in [5, 5.41) is 5.65. The van der Waals surface area contributed by atoms with Gasteiger partial charge in [-0.1, -0.05) is 32.0 Å². The maximum Gasteiger partial charge on any atom is 0.262 e. The zero-order chi connectivity index (χ0) is 18.2. The number of carbonyl (C=O) groups excluding carboxylic acids is 2. The number of hydrogen-bond acceptors (Lipinski definition) is 3. The second kappa shape index (κ2) is 8.87. The predicted octanol–water partition coefficient (Wildman–Crippen LogP) is 3.79. The highest BCUT2D eigenvalue weighted by molar-refractivity contribution is 5.93. The first-order valence-corrected chi connectivity index (χ1v) is 8.44. The Morgan fingerprint density at radius 2 is 1.52 bits per heavy atom. The number of benzene rings is 2. The van der Waals surface area contributed by atoms with E-state index >= 15 is 0 Å². The van der Waals surface area contributed by atoms with Crippen LogP contribution in [0, 0.1) is 0 Å². The third-order valence-electron chi connectivity index (χ3n) is 3.81. The van der Waals surface area contributed by atoms with E-state index in [2.05, 4.69) is 24.5 Å². The second-order valence-corrected chi connectivity index (χ2v) is 5.70. The number of para-hydroxylation sites is 1. The molecule has 2 N–H and O–H groups in total. The highest BCUT2D eigenvalue weighted by Gasteiger charge is 2.10. The van der Waals surface area contributed by atoms with Gasteiger partial charge in [-0.05, 0) is 48.2 Å². The SMILES string of the molecule is CCc1cccc(CC)c1NC(=O)COc1ccc(NC(C)=O)cc1. The molecular formula is C20H24N2O3. The summed E-state index contributed by atoms with van der Waals surface area (Å²) in [7, 11) is 0. The minimum atomic E-state index is -0.193. The van der Waals surface area contributed by atoms with Crippen LogP contribution in [-0.4, -0.2) is 18.4 Å². The lowest BCUT2D eigenvalue weighted by Gasteiger charge is -2.14. The van der Waals surface area contributed by atoms with E-state index in [1.807, 2.05) is 18.2 Å². The van der Waals surface area contributed by atoms with E-state index in [0.717, 1.165) is 29.7 Å². The van der Waals surface area contributed by atoms with Crippen molar-refractivity contribution in [3.63, 3.8) is 0 Å². The minimum absolute atomic E-state index is 0.0688. The van der Waals surface area contributed by atoms with E-state index in [-0.39, 0.29) is 18.4 Å².